The van der Waals surface area contributed by atoms with Gasteiger partial charge in [0.2, 0.25) is 0 Å². The number of rotatable bonds is 8. The van der Waals surface area contributed by atoms with E-state index in [0.29, 0.717) is 11.5 Å². The van der Waals surface area contributed by atoms with Gasteiger partial charge in [-0.2, -0.15) is 0 Å². The number of ether oxygens (including phenoxy) is 1. The Labute approximate surface area is 131 Å². The molecule has 0 radical (unpaired) electrons. The monoisotopic (exact) mass is 304 g/mol. The number of hydrogen-bond donors (Lipinski definition) is 1. The van der Waals surface area contributed by atoms with Crippen molar-refractivity contribution >= 4 is 11.9 Å². The fraction of sp³-hybridized carbons (Fsp3) is 0.444. The third-order valence-electron chi connectivity index (χ3n) is 3.58. The maximum Gasteiger partial charge on any atom is 0.338 e. The molecule has 0 aliphatic rings. The predicted molar refractivity (Wildman–Crippen MR) is 86.1 cm³/mol. The zero-order chi connectivity index (χ0) is 16.8. The molecule has 0 aromatic heterocycles. The molecule has 1 atom stereocenters. The van der Waals surface area contributed by atoms with Gasteiger partial charge >= 0.3 is 11.9 Å². The van der Waals surface area contributed by atoms with Gasteiger partial charge in [0.1, 0.15) is 5.60 Å². The quantitative estimate of drug-likeness (QED) is 0.574. The molecule has 1 aromatic rings. The van der Waals surface area contributed by atoms with Crippen LogP contribution >= 0.6 is 0 Å². The highest BCUT2D eigenvalue weighted by Gasteiger charge is 2.23. The molecule has 1 aromatic carbocycles. The lowest BCUT2D eigenvalue weighted by molar-refractivity contribution is -0.00568. The van der Waals surface area contributed by atoms with Gasteiger partial charge in [0.05, 0.1) is 11.1 Å². The fourth-order valence-electron chi connectivity index (χ4n) is 2.08. The van der Waals surface area contributed by atoms with Gasteiger partial charge in [-0.15, -0.1) is 6.58 Å². The molecule has 120 valence electrons. The minimum absolute atomic E-state index is 0.147. The molecule has 4 nitrogen and oxygen atoms in total. The van der Waals surface area contributed by atoms with E-state index in [9.17, 15) is 9.59 Å². The van der Waals surface area contributed by atoms with Crippen molar-refractivity contribution in [3.05, 3.63) is 48.0 Å². The van der Waals surface area contributed by atoms with Crippen molar-refractivity contribution in [2.75, 3.05) is 0 Å². The highest BCUT2D eigenvalue weighted by molar-refractivity contribution is 5.92. The van der Waals surface area contributed by atoms with E-state index in [-0.39, 0.29) is 5.56 Å². The Hall–Kier alpha value is -2.10. The fourth-order valence-corrected chi connectivity index (χ4v) is 2.08. The van der Waals surface area contributed by atoms with Gasteiger partial charge in [-0.05, 0) is 63.3 Å². The number of carbonyl (C=O) groups excluding carboxylic acids is 1. The zero-order valence-corrected chi connectivity index (χ0v) is 13.5. The molecule has 22 heavy (non-hydrogen) atoms. The van der Waals surface area contributed by atoms with E-state index in [0.717, 1.165) is 19.3 Å². The highest BCUT2D eigenvalue weighted by Crippen LogP contribution is 2.22. The highest BCUT2D eigenvalue weighted by atomic mass is 16.6. The van der Waals surface area contributed by atoms with E-state index in [1.807, 2.05) is 19.9 Å². The van der Waals surface area contributed by atoms with Gasteiger partial charge in [0.15, 0.2) is 0 Å². The summed E-state index contributed by atoms with van der Waals surface area (Å²) >= 11 is 0. The third kappa shape index (κ3) is 5.72. The van der Waals surface area contributed by atoms with Crippen LogP contribution in [0, 0.1) is 5.92 Å². The number of esters is 1. The van der Waals surface area contributed by atoms with E-state index in [1.165, 1.54) is 24.3 Å². The van der Waals surface area contributed by atoms with Crippen molar-refractivity contribution in [3.8, 4) is 0 Å². The van der Waals surface area contributed by atoms with Gasteiger partial charge < -0.3 is 9.84 Å². The SMILES string of the molecule is C=CC(C)CCCC(C)(C)OC(=O)c1ccc(C(=O)O)cc1. The molecule has 0 amide bonds. The van der Waals surface area contributed by atoms with Crippen LogP contribution in [0.5, 0.6) is 0 Å². The van der Waals surface area contributed by atoms with Crippen molar-refractivity contribution in [3.63, 3.8) is 0 Å². The first-order chi connectivity index (χ1) is 10.2. The average Bonchev–Trinajstić information content (AvgIpc) is 2.46. The maximum atomic E-state index is 12.1. The summed E-state index contributed by atoms with van der Waals surface area (Å²) in [5.74, 6) is -0.995. The van der Waals surface area contributed by atoms with Crippen LogP contribution in [0.1, 0.15) is 60.7 Å². The molecule has 0 aliphatic carbocycles. The normalized spacial score (nSPS) is 12.5. The third-order valence-corrected chi connectivity index (χ3v) is 3.58. The largest absolute Gasteiger partial charge is 0.478 e. The Morgan fingerprint density at radius 1 is 1.27 bits per heavy atom. The minimum Gasteiger partial charge on any atom is -0.478 e. The second kappa shape index (κ2) is 7.78. The summed E-state index contributed by atoms with van der Waals surface area (Å²) in [6, 6.07) is 5.75. The lowest BCUT2D eigenvalue weighted by Crippen LogP contribution is -2.28. The van der Waals surface area contributed by atoms with Crippen LogP contribution in [0.25, 0.3) is 0 Å². The van der Waals surface area contributed by atoms with Crippen LogP contribution in [-0.2, 0) is 4.74 Å². The number of hydrogen-bond acceptors (Lipinski definition) is 3. The van der Waals surface area contributed by atoms with E-state index in [2.05, 4.69) is 13.5 Å². The number of aromatic carboxylic acids is 1. The van der Waals surface area contributed by atoms with E-state index in [4.69, 9.17) is 9.84 Å². The molecule has 4 heteroatoms. The van der Waals surface area contributed by atoms with Gasteiger partial charge in [-0.3, -0.25) is 0 Å². The smallest absolute Gasteiger partial charge is 0.338 e. The summed E-state index contributed by atoms with van der Waals surface area (Å²) in [5, 5.41) is 8.84. The van der Waals surface area contributed by atoms with E-state index < -0.39 is 17.5 Å². The standard InChI is InChI=1S/C18H24O4/c1-5-13(2)7-6-12-18(3,4)22-17(21)15-10-8-14(9-11-15)16(19)20/h5,8-11,13H,1,6-7,12H2,2-4H3,(H,19,20). The summed E-state index contributed by atoms with van der Waals surface area (Å²) in [6.07, 6.45) is 4.65. The van der Waals surface area contributed by atoms with Gasteiger partial charge in [-0.25, -0.2) is 9.59 Å². The molecule has 0 heterocycles. The van der Waals surface area contributed by atoms with Crippen LogP contribution in [0.2, 0.25) is 0 Å². The van der Waals surface area contributed by atoms with Crippen molar-refractivity contribution in [1.29, 1.82) is 0 Å². The summed E-state index contributed by atoms with van der Waals surface area (Å²) < 4.78 is 5.53. The topological polar surface area (TPSA) is 63.6 Å². The number of carbonyl (C=O) groups is 2. The van der Waals surface area contributed by atoms with E-state index in [1.54, 1.807) is 0 Å². The lowest BCUT2D eigenvalue weighted by atomic mass is 9.96. The molecule has 1 unspecified atom stereocenters. The Morgan fingerprint density at radius 2 is 1.82 bits per heavy atom. The van der Waals surface area contributed by atoms with E-state index >= 15 is 0 Å². The molecule has 0 saturated carbocycles. The van der Waals surface area contributed by atoms with Crippen molar-refractivity contribution in [2.45, 2.75) is 45.6 Å². The van der Waals surface area contributed by atoms with Crippen LogP contribution in [0.3, 0.4) is 0 Å². The number of benzene rings is 1. The van der Waals surface area contributed by atoms with Crippen LogP contribution < -0.4 is 0 Å². The minimum atomic E-state index is -1.02. The predicted octanol–water partition coefficient (Wildman–Crippen LogP) is 4.31. The van der Waals surface area contributed by atoms with Crippen molar-refractivity contribution < 1.29 is 19.4 Å². The molecule has 0 spiro atoms. The number of carboxylic acids is 1. The Morgan fingerprint density at radius 3 is 2.32 bits per heavy atom. The van der Waals surface area contributed by atoms with Crippen molar-refractivity contribution in [1.82, 2.24) is 0 Å². The molecule has 0 aliphatic heterocycles. The Balaban J connectivity index is 2.58. The molecular weight excluding hydrogens is 280 g/mol. The molecular formula is C18H24O4. The first-order valence-corrected chi connectivity index (χ1v) is 7.44. The lowest BCUT2D eigenvalue weighted by Gasteiger charge is -2.25. The molecule has 0 saturated heterocycles. The van der Waals surface area contributed by atoms with Gasteiger partial charge in [0.25, 0.3) is 0 Å². The first kappa shape index (κ1) is 18.0. The average molecular weight is 304 g/mol. The van der Waals surface area contributed by atoms with Gasteiger partial charge in [-0.1, -0.05) is 13.0 Å². The number of allylic oxidation sites excluding steroid dienone is 1. The second-order valence-electron chi connectivity index (χ2n) is 6.14. The second-order valence-corrected chi connectivity index (χ2v) is 6.14. The molecule has 0 fully saturated rings. The van der Waals surface area contributed by atoms with Crippen LogP contribution in [0.4, 0.5) is 0 Å². The van der Waals surface area contributed by atoms with Crippen LogP contribution in [0.15, 0.2) is 36.9 Å². The summed E-state index contributed by atoms with van der Waals surface area (Å²) in [5.41, 5.74) is -0.0459. The first-order valence-electron chi connectivity index (χ1n) is 7.44. The summed E-state index contributed by atoms with van der Waals surface area (Å²) in [6.45, 7) is 9.63. The van der Waals surface area contributed by atoms with Crippen molar-refractivity contribution in [2.24, 2.45) is 5.92 Å². The van der Waals surface area contributed by atoms with Crippen LogP contribution in [-0.4, -0.2) is 22.6 Å². The van der Waals surface area contributed by atoms with Gasteiger partial charge in [0, 0.05) is 0 Å². The number of carboxylic acid groups (broad SMARTS) is 1. The Kier molecular flexibility index (Phi) is 6.35. The summed E-state index contributed by atoms with van der Waals surface area (Å²) in [7, 11) is 0. The molecule has 1 rings (SSSR count). The molecule has 1 N–H and O–H groups in total. The molecule has 0 bridgehead atoms. The zero-order valence-electron chi connectivity index (χ0n) is 13.5. The summed E-state index contributed by atoms with van der Waals surface area (Å²) in [4.78, 5) is 22.9. The Bertz CT molecular complexity index is 529. The maximum absolute atomic E-state index is 12.1.